The SMILES string of the molecule is c1cc(-c2nccnn2)ccn1. The smallest absolute Gasteiger partial charge is 0.181 e. The van der Waals surface area contributed by atoms with Crippen molar-refractivity contribution in [3.8, 4) is 11.4 Å². The Balaban J connectivity index is 2.46. The molecular weight excluding hydrogens is 152 g/mol. The van der Waals surface area contributed by atoms with E-state index < -0.39 is 0 Å². The third-order valence-electron chi connectivity index (χ3n) is 1.42. The zero-order valence-corrected chi connectivity index (χ0v) is 6.25. The number of aromatic nitrogens is 4. The van der Waals surface area contributed by atoms with Crippen molar-refractivity contribution < 1.29 is 0 Å². The summed E-state index contributed by atoms with van der Waals surface area (Å²) in [5.74, 6) is 0.625. The molecule has 0 amide bonds. The van der Waals surface area contributed by atoms with Crippen molar-refractivity contribution in [3.63, 3.8) is 0 Å². The summed E-state index contributed by atoms with van der Waals surface area (Å²) in [4.78, 5) is 7.94. The quantitative estimate of drug-likeness (QED) is 0.619. The first-order valence-electron chi connectivity index (χ1n) is 3.51. The maximum absolute atomic E-state index is 4.05. The fourth-order valence-electron chi connectivity index (χ4n) is 0.881. The van der Waals surface area contributed by atoms with Gasteiger partial charge in [0.25, 0.3) is 0 Å². The zero-order valence-electron chi connectivity index (χ0n) is 6.25. The fraction of sp³-hybridized carbons (Fsp3) is 0. The summed E-state index contributed by atoms with van der Waals surface area (Å²) < 4.78 is 0. The second-order valence-corrected chi connectivity index (χ2v) is 2.20. The summed E-state index contributed by atoms with van der Waals surface area (Å²) in [5.41, 5.74) is 0.929. The molecule has 0 unspecified atom stereocenters. The van der Waals surface area contributed by atoms with E-state index in [9.17, 15) is 0 Å². The van der Waals surface area contributed by atoms with Crippen LogP contribution in [0.2, 0.25) is 0 Å². The van der Waals surface area contributed by atoms with Crippen LogP contribution in [0.25, 0.3) is 11.4 Å². The van der Waals surface area contributed by atoms with Crippen LogP contribution in [0, 0.1) is 0 Å². The predicted molar refractivity (Wildman–Crippen MR) is 43.1 cm³/mol. The number of hydrogen-bond donors (Lipinski definition) is 0. The topological polar surface area (TPSA) is 51.6 Å². The van der Waals surface area contributed by atoms with E-state index >= 15 is 0 Å². The van der Waals surface area contributed by atoms with Crippen molar-refractivity contribution >= 4 is 0 Å². The predicted octanol–water partition coefficient (Wildman–Crippen LogP) is 0.934. The Bertz CT molecular complexity index is 308. The van der Waals surface area contributed by atoms with Gasteiger partial charge in [0.05, 0.1) is 6.20 Å². The van der Waals surface area contributed by atoms with Crippen molar-refractivity contribution in [3.05, 3.63) is 36.9 Å². The van der Waals surface area contributed by atoms with Gasteiger partial charge < -0.3 is 0 Å². The zero-order chi connectivity index (χ0) is 8.23. The molecule has 0 N–H and O–H groups in total. The highest BCUT2D eigenvalue weighted by Gasteiger charge is 1.97. The van der Waals surface area contributed by atoms with Crippen molar-refractivity contribution in [2.75, 3.05) is 0 Å². The second-order valence-electron chi connectivity index (χ2n) is 2.20. The van der Waals surface area contributed by atoms with Gasteiger partial charge in [-0.3, -0.25) is 4.98 Å². The van der Waals surface area contributed by atoms with E-state index in [-0.39, 0.29) is 0 Å². The lowest BCUT2D eigenvalue weighted by Gasteiger charge is -1.94. The van der Waals surface area contributed by atoms with Gasteiger partial charge in [0.1, 0.15) is 0 Å². The van der Waals surface area contributed by atoms with Gasteiger partial charge >= 0.3 is 0 Å². The molecule has 0 radical (unpaired) electrons. The summed E-state index contributed by atoms with van der Waals surface area (Å²) in [6.07, 6.45) is 6.56. The first-order valence-corrected chi connectivity index (χ1v) is 3.51. The summed E-state index contributed by atoms with van der Waals surface area (Å²) in [6, 6.07) is 3.69. The van der Waals surface area contributed by atoms with E-state index in [0.29, 0.717) is 5.82 Å². The number of hydrogen-bond acceptors (Lipinski definition) is 4. The molecule has 2 heterocycles. The van der Waals surface area contributed by atoms with E-state index in [1.54, 1.807) is 24.8 Å². The van der Waals surface area contributed by atoms with Crippen LogP contribution in [-0.2, 0) is 0 Å². The van der Waals surface area contributed by atoms with Crippen molar-refractivity contribution in [2.45, 2.75) is 0 Å². The van der Waals surface area contributed by atoms with Crippen molar-refractivity contribution in [1.82, 2.24) is 20.2 Å². The minimum absolute atomic E-state index is 0.625. The van der Waals surface area contributed by atoms with Crippen LogP contribution in [-0.4, -0.2) is 20.2 Å². The summed E-state index contributed by atoms with van der Waals surface area (Å²) in [7, 11) is 0. The summed E-state index contributed by atoms with van der Waals surface area (Å²) in [5, 5.41) is 7.59. The first-order chi connectivity index (χ1) is 5.97. The molecule has 4 nitrogen and oxygen atoms in total. The average molecular weight is 158 g/mol. The minimum atomic E-state index is 0.625. The van der Waals surface area contributed by atoms with Crippen LogP contribution in [0.15, 0.2) is 36.9 Å². The van der Waals surface area contributed by atoms with Crippen molar-refractivity contribution in [1.29, 1.82) is 0 Å². The standard InChI is InChI=1S/C8H6N4/c1-3-9-4-2-7(1)8-10-5-6-11-12-8/h1-6H. The highest BCUT2D eigenvalue weighted by molar-refractivity contribution is 5.52. The third-order valence-corrected chi connectivity index (χ3v) is 1.42. The molecule has 0 spiro atoms. The summed E-state index contributed by atoms with van der Waals surface area (Å²) >= 11 is 0. The van der Waals surface area contributed by atoms with Crippen LogP contribution in [0.5, 0.6) is 0 Å². The molecule has 4 heteroatoms. The monoisotopic (exact) mass is 158 g/mol. The largest absolute Gasteiger partial charge is 0.265 e. The molecule has 2 rings (SSSR count). The minimum Gasteiger partial charge on any atom is -0.265 e. The van der Waals surface area contributed by atoms with Gasteiger partial charge in [-0.1, -0.05) is 0 Å². The maximum Gasteiger partial charge on any atom is 0.181 e. The van der Waals surface area contributed by atoms with E-state index in [2.05, 4.69) is 20.2 Å². The molecular formula is C8H6N4. The molecule has 2 aromatic heterocycles. The Labute approximate surface area is 69.3 Å². The van der Waals surface area contributed by atoms with Crippen LogP contribution >= 0.6 is 0 Å². The maximum atomic E-state index is 4.05. The van der Waals surface area contributed by atoms with Crippen LogP contribution in [0.3, 0.4) is 0 Å². The lowest BCUT2D eigenvalue weighted by atomic mass is 10.2. The van der Waals surface area contributed by atoms with E-state index in [4.69, 9.17) is 0 Å². The van der Waals surface area contributed by atoms with Gasteiger partial charge in [-0.15, -0.1) is 5.10 Å². The van der Waals surface area contributed by atoms with Crippen LogP contribution < -0.4 is 0 Å². The average Bonchev–Trinajstić information content (AvgIpc) is 2.21. The normalized spacial score (nSPS) is 9.67. The number of nitrogens with zero attached hydrogens (tertiary/aromatic N) is 4. The number of pyridine rings is 1. The van der Waals surface area contributed by atoms with Gasteiger partial charge in [-0.25, -0.2) is 4.98 Å². The molecule has 0 aliphatic heterocycles. The molecule has 0 fully saturated rings. The highest BCUT2D eigenvalue weighted by Crippen LogP contribution is 2.09. The van der Waals surface area contributed by atoms with Crippen molar-refractivity contribution in [2.24, 2.45) is 0 Å². The van der Waals surface area contributed by atoms with Gasteiger partial charge in [0, 0.05) is 24.2 Å². The van der Waals surface area contributed by atoms with E-state index in [1.807, 2.05) is 12.1 Å². The molecule has 58 valence electrons. The Morgan fingerprint density at radius 3 is 2.42 bits per heavy atom. The lowest BCUT2D eigenvalue weighted by Crippen LogP contribution is -1.89. The third kappa shape index (κ3) is 1.27. The Kier molecular flexibility index (Phi) is 1.74. The Hall–Kier alpha value is -1.84. The Morgan fingerprint density at radius 1 is 0.917 bits per heavy atom. The first kappa shape index (κ1) is 6.84. The van der Waals surface area contributed by atoms with Gasteiger partial charge in [-0.05, 0) is 12.1 Å². The van der Waals surface area contributed by atoms with E-state index in [0.717, 1.165) is 5.56 Å². The molecule has 2 aromatic rings. The van der Waals surface area contributed by atoms with Gasteiger partial charge in [0.15, 0.2) is 5.82 Å². The van der Waals surface area contributed by atoms with Crippen LogP contribution in [0.4, 0.5) is 0 Å². The molecule has 0 aromatic carbocycles. The number of rotatable bonds is 1. The van der Waals surface area contributed by atoms with Gasteiger partial charge in [0.2, 0.25) is 0 Å². The molecule has 0 bridgehead atoms. The molecule has 12 heavy (non-hydrogen) atoms. The van der Waals surface area contributed by atoms with E-state index in [1.165, 1.54) is 0 Å². The molecule has 0 aliphatic carbocycles. The lowest BCUT2D eigenvalue weighted by molar-refractivity contribution is 0.979. The molecule has 0 aliphatic rings. The highest BCUT2D eigenvalue weighted by atomic mass is 15.1. The molecule has 0 atom stereocenters. The van der Waals surface area contributed by atoms with Crippen LogP contribution in [0.1, 0.15) is 0 Å². The second kappa shape index (κ2) is 3.04. The molecule has 0 saturated heterocycles. The summed E-state index contributed by atoms with van der Waals surface area (Å²) in [6.45, 7) is 0. The fourth-order valence-corrected chi connectivity index (χ4v) is 0.881. The molecule has 0 saturated carbocycles. The Morgan fingerprint density at radius 2 is 1.75 bits per heavy atom. The van der Waals surface area contributed by atoms with Gasteiger partial charge in [-0.2, -0.15) is 5.10 Å².